The van der Waals surface area contributed by atoms with E-state index in [0.29, 0.717) is 33.1 Å². The first-order chi connectivity index (χ1) is 16.0. The predicted octanol–water partition coefficient (Wildman–Crippen LogP) is 5.29. The molecule has 168 valence electrons. The van der Waals surface area contributed by atoms with Gasteiger partial charge in [0.1, 0.15) is 5.69 Å². The fourth-order valence-corrected chi connectivity index (χ4v) is 3.68. The van der Waals surface area contributed by atoms with Crippen molar-refractivity contribution in [2.75, 3.05) is 11.9 Å². The van der Waals surface area contributed by atoms with Gasteiger partial charge in [0.2, 0.25) is 5.95 Å². The Hall–Kier alpha value is -3.39. The van der Waals surface area contributed by atoms with Crippen LogP contribution in [0.3, 0.4) is 0 Å². The second-order valence-electron chi connectivity index (χ2n) is 7.37. The van der Waals surface area contributed by atoms with Gasteiger partial charge in [0, 0.05) is 18.0 Å². The lowest BCUT2D eigenvalue weighted by atomic mass is 10.1. The number of aryl methyl sites for hydroxylation is 1. The maximum atomic E-state index is 12.8. The molecular weight excluding hydrogens is 461 g/mol. The molecule has 0 aliphatic heterocycles. The number of aliphatic hydroxyl groups is 1. The fraction of sp³-hybridized carbons (Fsp3) is 0.125. The highest BCUT2D eigenvalue weighted by Crippen LogP contribution is 2.31. The summed E-state index contributed by atoms with van der Waals surface area (Å²) in [5, 5.41) is 16.4. The molecule has 7 nitrogen and oxygen atoms in total. The molecule has 1 atom stereocenters. The lowest BCUT2D eigenvalue weighted by molar-refractivity contribution is 0.0912. The van der Waals surface area contributed by atoms with Crippen molar-refractivity contribution in [2.45, 2.75) is 13.0 Å². The molecule has 0 radical (unpaired) electrons. The van der Waals surface area contributed by atoms with Crippen LogP contribution in [0.4, 0.5) is 11.6 Å². The molecule has 0 spiro atoms. The molecule has 2 heterocycles. The molecule has 2 aromatic carbocycles. The average Bonchev–Trinajstić information content (AvgIpc) is 3.32. The number of benzene rings is 2. The second kappa shape index (κ2) is 10.0. The Balaban J connectivity index is 1.54. The summed E-state index contributed by atoms with van der Waals surface area (Å²) in [4.78, 5) is 24.7. The molecule has 0 aliphatic carbocycles. The highest BCUT2D eigenvalue weighted by molar-refractivity contribution is 6.43. The summed E-state index contributed by atoms with van der Waals surface area (Å²) in [6, 6.07) is 15.8. The molecule has 1 unspecified atom stereocenters. The third kappa shape index (κ3) is 5.17. The molecule has 2 aromatic heterocycles. The number of carbonyl (C=O) groups is 1. The quantitative estimate of drug-likeness (QED) is 0.287. The Morgan fingerprint density at radius 3 is 2.70 bits per heavy atom. The van der Waals surface area contributed by atoms with Crippen molar-refractivity contribution >= 4 is 40.7 Å². The lowest BCUT2D eigenvalue weighted by Crippen LogP contribution is -2.30. The normalized spacial score (nSPS) is 11.8. The summed E-state index contributed by atoms with van der Waals surface area (Å²) in [6.07, 6.45) is 3.39. The third-order valence-corrected chi connectivity index (χ3v) is 5.88. The van der Waals surface area contributed by atoms with Gasteiger partial charge in [-0.3, -0.25) is 4.79 Å². The molecule has 0 fully saturated rings. The maximum absolute atomic E-state index is 12.8. The molecule has 33 heavy (non-hydrogen) atoms. The van der Waals surface area contributed by atoms with Gasteiger partial charge < -0.3 is 20.7 Å². The van der Waals surface area contributed by atoms with E-state index in [4.69, 9.17) is 23.2 Å². The summed E-state index contributed by atoms with van der Waals surface area (Å²) < 4.78 is 0. The fourth-order valence-electron chi connectivity index (χ4n) is 3.33. The molecule has 0 bridgehead atoms. The molecule has 4 N–H and O–H groups in total. The number of hydrogen-bond donors (Lipinski definition) is 4. The Labute approximate surface area is 200 Å². The van der Waals surface area contributed by atoms with Gasteiger partial charge in [-0.2, -0.15) is 0 Å². The van der Waals surface area contributed by atoms with Gasteiger partial charge in [0.05, 0.1) is 34.1 Å². The van der Waals surface area contributed by atoms with Gasteiger partial charge in [-0.05, 0) is 36.2 Å². The van der Waals surface area contributed by atoms with E-state index in [9.17, 15) is 9.90 Å². The van der Waals surface area contributed by atoms with Crippen molar-refractivity contribution in [1.29, 1.82) is 0 Å². The van der Waals surface area contributed by atoms with Gasteiger partial charge in [0.25, 0.3) is 5.91 Å². The van der Waals surface area contributed by atoms with E-state index >= 15 is 0 Å². The zero-order chi connectivity index (χ0) is 23.4. The number of H-pyrrole nitrogens is 1. The van der Waals surface area contributed by atoms with Gasteiger partial charge >= 0.3 is 0 Å². The van der Waals surface area contributed by atoms with Gasteiger partial charge in [-0.25, -0.2) is 9.97 Å². The van der Waals surface area contributed by atoms with Crippen LogP contribution in [0.1, 0.15) is 27.7 Å². The van der Waals surface area contributed by atoms with E-state index in [-0.39, 0.29) is 12.5 Å². The highest BCUT2D eigenvalue weighted by Gasteiger charge is 2.18. The first-order valence-corrected chi connectivity index (χ1v) is 10.9. The van der Waals surface area contributed by atoms with Crippen molar-refractivity contribution < 1.29 is 9.90 Å². The molecule has 0 saturated heterocycles. The molecule has 4 aromatic rings. The smallest absolute Gasteiger partial charge is 0.268 e. The summed E-state index contributed by atoms with van der Waals surface area (Å²) >= 11 is 12.3. The van der Waals surface area contributed by atoms with Gasteiger partial charge in [-0.1, -0.05) is 59.6 Å². The molecule has 0 saturated carbocycles. The van der Waals surface area contributed by atoms with Crippen molar-refractivity contribution in [1.82, 2.24) is 20.3 Å². The molecule has 0 aliphatic rings. The van der Waals surface area contributed by atoms with Gasteiger partial charge in [-0.15, -0.1) is 0 Å². The number of halogens is 2. The molecular formula is C24H21Cl2N5O2. The summed E-state index contributed by atoms with van der Waals surface area (Å²) in [6.45, 7) is 1.67. The van der Waals surface area contributed by atoms with E-state index in [0.717, 1.165) is 16.7 Å². The topological polar surface area (TPSA) is 103 Å². The van der Waals surface area contributed by atoms with Crippen molar-refractivity contribution in [2.24, 2.45) is 0 Å². The van der Waals surface area contributed by atoms with Crippen LogP contribution in [0.15, 0.2) is 67.0 Å². The van der Waals surface area contributed by atoms with Crippen LogP contribution in [-0.2, 0) is 0 Å². The van der Waals surface area contributed by atoms with Crippen molar-refractivity contribution in [3.8, 4) is 11.3 Å². The Bertz CT molecular complexity index is 1280. The van der Waals surface area contributed by atoms with E-state index in [1.165, 1.54) is 0 Å². The maximum Gasteiger partial charge on any atom is 0.268 e. The minimum Gasteiger partial charge on any atom is -0.394 e. The van der Waals surface area contributed by atoms with E-state index in [1.54, 1.807) is 36.7 Å². The summed E-state index contributed by atoms with van der Waals surface area (Å²) in [7, 11) is 0. The molecule has 4 rings (SSSR count). The number of hydrogen-bond acceptors (Lipinski definition) is 5. The zero-order valence-electron chi connectivity index (χ0n) is 17.6. The third-order valence-electron chi connectivity index (χ3n) is 5.06. The number of rotatable bonds is 7. The summed E-state index contributed by atoms with van der Waals surface area (Å²) in [5.74, 6) is 0.0105. The number of aromatic amines is 1. The number of carbonyl (C=O) groups excluding carboxylic acids is 1. The van der Waals surface area contributed by atoms with Gasteiger partial charge in [0.15, 0.2) is 0 Å². The minimum atomic E-state index is -0.510. The number of anilines is 2. The number of nitrogens with one attached hydrogen (secondary N) is 3. The Morgan fingerprint density at radius 1 is 1.15 bits per heavy atom. The van der Waals surface area contributed by atoms with E-state index in [2.05, 4.69) is 25.6 Å². The highest BCUT2D eigenvalue weighted by atomic mass is 35.5. The Kier molecular flexibility index (Phi) is 6.93. The molecule has 9 heteroatoms. The van der Waals surface area contributed by atoms with Crippen LogP contribution in [0.5, 0.6) is 0 Å². The van der Waals surface area contributed by atoms with Crippen LogP contribution >= 0.6 is 23.2 Å². The zero-order valence-corrected chi connectivity index (χ0v) is 19.2. The number of amides is 1. The Morgan fingerprint density at radius 2 is 1.94 bits per heavy atom. The standard InChI is InChI=1S/C24H21Cl2N5O2/c1-14-11-28-24(30-18-9-5-8-17(25)21(18)26)31-22(14)16-10-19(27-12-16)23(33)29-20(13-32)15-6-3-2-4-7-15/h2-12,20,27,32H,13H2,1H3,(H,29,33)(H,28,30,31). The van der Waals surface area contributed by atoms with Crippen molar-refractivity contribution in [3.05, 3.63) is 93.9 Å². The van der Waals surface area contributed by atoms with Crippen LogP contribution < -0.4 is 10.6 Å². The summed E-state index contributed by atoms with van der Waals surface area (Å²) in [5.41, 5.74) is 3.97. The van der Waals surface area contributed by atoms with E-state index in [1.807, 2.05) is 37.3 Å². The minimum absolute atomic E-state index is 0.213. The predicted molar refractivity (Wildman–Crippen MR) is 130 cm³/mol. The van der Waals surface area contributed by atoms with Crippen LogP contribution in [-0.4, -0.2) is 32.6 Å². The first-order valence-electron chi connectivity index (χ1n) is 10.2. The van der Waals surface area contributed by atoms with Crippen LogP contribution in [0, 0.1) is 6.92 Å². The lowest BCUT2D eigenvalue weighted by Gasteiger charge is -2.16. The largest absolute Gasteiger partial charge is 0.394 e. The monoisotopic (exact) mass is 481 g/mol. The average molecular weight is 482 g/mol. The van der Waals surface area contributed by atoms with Crippen molar-refractivity contribution in [3.63, 3.8) is 0 Å². The number of aliphatic hydroxyl groups excluding tert-OH is 1. The van der Waals surface area contributed by atoms with Crippen LogP contribution in [0.25, 0.3) is 11.3 Å². The van der Waals surface area contributed by atoms with E-state index < -0.39 is 6.04 Å². The van der Waals surface area contributed by atoms with Crippen LogP contribution in [0.2, 0.25) is 10.0 Å². The molecule has 1 amide bonds. The number of aromatic nitrogens is 3. The SMILES string of the molecule is Cc1cnc(Nc2cccc(Cl)c2Cl)nc1-c1c[nH]c(C(=O)NC(CO)c2ccccc2)c1. The number of nitrogens with zero attached hydrogens (tertiary/aromatic N) is 2. The second-order valence-corrected chi connectivity index (χ2v) is 8.16. The first kappa shape index (κ1) is 22.8.